The molecule has 77 heavy (non-hydrogen) atoms. The number of imide groups is 1. The largest absolute Gasteiger partial charge is 0.387 e. The fraction of sp³-hybridized carbons (Fsp3) is 0.377. The minimum Gasteiger partial charge on any atom is -0.387 e. The first-order valence-corrected chi connectivity index (χ1v) is 24.5. The van der Waals surface area contributed by atoms with Gasteiger partial charge in [0.1, 0.15) is 49.0 Å². The van der Waals surface area contributed by atoms with E-state index in [-0.39, 0.29) is 43.7 Å². The van der Waals surface area contributed by atoms with Crippen LogP contribution in [0.1, 0.15) is 70.3 Å². The topological polar surface area (TPSA) is 313 Å². The third-order valence-electron chi connectivity index (χ3n) is 12.1. The molecule has 0 radical (unpaired) electrons. The summed E-state index contributed by atoms with van der Waals surface area (Å²) in [6, 6.07) is 10.2. The Kier molecular flexibility index (Phi) is 20.9. The predicted molar refractivity (Wildman–Crippen MR) is 274 cm³/mol. The molecule has 2 aromatic heterocycles. The summed E-state index contributed by atoms with van der Waals surface area (Å²) in [6.07, 6.45) is 5.35. The van der Waals surface area contributed by atoms with Gasteiger partial charge in [-0.2, -0.15) is 0 Å². The zero-order valence-corrected chi connectivity index (χ0v) is 43.1. The summed E-state index contributed by atoms with van der Waals surface area (Å²) < 4.78 is 31.8. The molecule has 0 fully saturated rings. The van der Waals surface area contributed by atoms with Crippen molar-refractivity contribution < 1.29 is 61.8 Å². The molecule has 9 N–H and O–H groups in total. The van der Waals surface area contributed by atoms with Crippen LogP contribution in [-0.2, 0) is 60.9 Å². The molecule has 2 aromatic carbocycles. The number of amides is 10. The maximum absolute atomic E-state index is 15.4. The minimum atomic E-state index is -1.75. The number of aliphatic hydroxyl groups excluding tert-OH is 1. The van der Waals surface area contributed by atoms with Gasteiger partial charge in [0.05, 0.1) is 18.9 Å². The number of rotatable bonds is 26. The Morgan fingerprint density at radius 3 is 2.00 bits per heavy atom. The number of pyridine rings is 1. The standard InChI is InChI=1S/C53H63F2N11O11/c1-31(60-43(69)23-33-15-18-57-19-16-33)49(74)61-32(2)50(75)63-40(26-42(56)68)52(77)62-39(51(76)59-21-20-58-44(70)29-66-45(71)13-14-46(66)72)17-22-65(47(73)30-67)48(53(3,4)5)41-24-35(37-25-36(54)11-12-38(37)55)28-64(41)27-34-9-7-6-8-10-34/h6-16,18-19,24-25,28,31-32,39-40,48,67H,17,20-23,26-27,29-30H2,1-5H3,(H2,56,68)(H,58,70)(H,59,76)(H,60,69)(H,61,74)(H,62,77)(H,63,75)/t31-,32-,39+,40+,48+/m1/s1. The molecule has 5 rings (SSSR count). The molecule has 0 saturated carbocycles. The van der Waals surface area contributed by atoms with Gasteiger partial charge >= 0.3 is 0 Å². The Morgan fingerprint density at radius 1 is 0.740 bits per heavy atom. The van der Waals surface area contributed by atoms with E-state index in [1.165, 1.54) is 31.1 Å². The monoisotopic (exact) mass is 1070 g/mol. The smallest absolute Gasteiger partial charge is 0.254 e. The molecule has 410 valence electrons. The average molecular weight is 1070 g/mol. The summed E-state index contributed by atoms with van der Waals surface area (Å²) in [7, 11) is 0. The highest BCUT2D eigenvalue weighted by atomic mass is 19.1. The zero-order chi connectivity index (χ0) is 56.6. The summed E-state index contributed by atoms with van der Waals surface area (Å²) in [5.41, 5.74) is 6.66. The first-order valence-electron chi connectivity index (χ1n) is 24.5. The quantitative estimate of drug-likeness (QED) is 0.0314. The molecule has 24 heteroatoms. The molecular formula is C53H63F2N11O11. The molecular weight excluding hydrogens is 1000 g/mol. The lowest BCUT2D eigenvalue weighted by Gasteiger charge is -2.41. The molecule has 4 aromatic rings. The molecule has 0 unspecified atom stereocenters. The van der Waals surface area contributed by atoms with Crippen LogP contribution in [0.3, 0.4) is 0 Å². The number of benzene rings is 2. The molecule has 0 bridgehead atoms. The SMILES string of the molecule is C[C@@H](NC(=O)Cc1ccncc1)C(=O)N[C@H](C)C(=O)N[C@@H](CC(N)=O)C(=O)N[C@@H](CCN(C(=O)CO)[C@@H](c1cc(-c2cc(F)ccc2F)cn1Cc1ccccc1)C(C)(C)C)C(=O)NCCNC(=O)CN1C(=O)C=CC1=O. The lowest BCUT2D eigenvalue weighted by Crippen LogP contribution is -2.58. The number of halogens is 2. The van der Waals surface area contributed by atoms with E-state index in [4.69, 9.17) is 5.73 Å². The van der Waals surface area contributed by atoms with Crippen LogP contribution in [-0.4, -0.2) is 140 Å². The first-order chi connectivity index (χ1) is 36.4. The van der Waals surface area contributed by atoms with Gasteiger partial charge in [0.15, 0.2) is 0 Å². The van der Waals surface area contributed by atoms with Crippen LogP contribution < -0.4 is 37.6 Å². The second-order valence-electron chi connectivity index (χ2n) is 19.3. The maximum Gasteiger partial charge on any atom is 0.254 e. The van der Waals surface area contributed by atoms with Gasteiger partial charge in [0.25, 0.3) is 11.8 Å². The summed E-state index contributed by atoms with van der Waals surface area (Å²) in [6.45, 7) is 5.71. The van der Waals surface area contributed by atoms with Crippen LogP contribution in [0.4, 0.5) is 8.78 Å². The molecule has 10 amide bonds. The first kappa shape index (κ1) is 59.2. The summed E-state index contributed by atoms with van der Waals surface area (Å²) in [5, 5.41) is 25.3. The molecule has 1 aliphatic rings. The van der Waals surface area contributed by atoms with E-state index in [0.717, 1.165) is 35.9 Å². The molecule has 22 nitrogen and oxygen atoms in total. The van der Waals surface area contributed by atoms with Crippen molar-refractivity contribution in [3.63, 3.8) is 0 Å². The number of hydrogen-bond donors (Lipinski definition) is 8. The Hall–Kier alpha value is -8.67. The van der Waals surface area contributed by atoms with E-state index < -0.39 is 132 Å². The van der Waals surface area contributed by atoms with Crippen molar-refractivity contribution in [1.82, 2.24) is 51.3 Å². The zero-order valence-electron chi connectivity index (χ0n) is 43.1. The highest BCUT2D eigenvalue weighted by Gasteiger charge is 2.39. The van der Waals surface area contributed by atoms with Crippen molar-refractivity contribution in [1.29, 1.82) is 0 Å². The van der Waals surface area contributed by atoms with Crippen molar-refractivity contribution in [3.05, 3.63) is 126 Å². The number of carbonyl (C=O) groups excluding carboxylic acids is 10. The van der Waals surface area contributed by atoms with Crippen LogP contribution >= 0.6 is 0 Å². The number of nitrogens with two attached hydrogens (primary N) is 1. The number of nitrogens with one attached hydrogen (secondary N) is 6. The second-order valence-corrected chi connectivity index (χ2v) is 19.3. The van der Waals surface area contributed by atoms with Gasteiger partial charge in [0, 0.05) is 73.7 Å². The number of hydrogen-bond acceptors (Lipinski definition) is 12. The average Bonchev–Trinajstić information content (AvgIpc) is 3.93. The highest BCUT2D eigenvalue weighted by Crippen LogP contribution is 2.41. The van der Waals surface area contributed by atoms with Crippen molar-refractivity contribution in [2.24, 2.45) is 11.1 Å². The second kappa shape index (κ2) is 27.2. The minimum absolute atomic E-state index is 0.0595. The molecule has 0 spiro atoms. The van der Waals surface area contributed by atoms with Gasteiger partial charge in [-0.1, -0.05) is 51.1 Å². The third-order valence-corrected chi connectivity index (χ3v) is 12.1. The number of primary amides is 1. The fourth-order valence-electron chi connectivity index (χ4n) is 8.36. The van der Waals surface area contributed by atoms with Crippen LogP contribution in [0.25, 0.3) is 11.1 Å². The summed E-state index contributed by atoms with van der Waals surface area (Å²) in [5.74, 6) is -9.66. The molecule has 0 aliphatic carbocycles. The van der Waals surface area contributed by atoms with E-state index in [1.807, 2.05) is 30.3 Å². The molecule has 0 saturated heterocycles. The van der Waals surface area contributed by atoms with E-state index in [1.54, 1.807) is 49.7 Å². The van der Waals surface area contributed by atoms with Gasteiger partial charge in [-0.25, -0.2) is 8.78 Å². The van der Waals surface area contributed by atoms with Crippen LogP contribution in [0, 0.1) is 17.0 Å². The Morgan fingerprint density at radius 2 is 1.36 bits per heavy atom. The highest BCUT2D eigenvalue weighted by molar-refractivity contribution is 6.14. The van der Waals surface area contributed by atoms with Gasteiger partial charge < -0.3 is 52.2 Å². The maximum atomic E-state index is 15.4. The van der Waals surface area contributed by atoms with E-state index in [0.29, 0.717) is 16.2 Å². The lowest BCUT2D eigenvalue weighted by atomic mass is 9.82. The van der Waals surface area contributed by atoms with E-state index in [2.05, 4.69) is 36.9 Å². The van der Waals surface area contributed by atoms with Crippen molar-refractivity contribution in [2.75, 3.05) is 32.8 Å². The molecule has 5 atom stereocenters. The number of aromatic nitrogens is 2. The van der Waals surface area contributed by atoms with Crippen molar-refractivity contribution >= 4 is 59.1 Å². The summed E-state index contributed by atoms with van der Waals surface area (Å²) >= 11 is 0. The predicted octanol–water partition coefficient (Wildman–Crippen LogP) is 0.429. The fourth-order valence-corrected chi connectivity index (χ4v) is 8.36. The number of nitrogens with zero attached hydrogens (tertiary/aromatic N) is 4. The van der Waals surface area contributed by atoms with Crippen LogP contribution in [0.15, 0.2) is 97.5 Å². The number of carbonyl (C=O) groups is 10. The van der Waals surface area contributed by atoms with Crippen molar-refractivity contribution in [3.8, 4) is 11.1 Å². The van der Waals surface area contributed by atoms with Crippen LogP contribution in [0.5, 0.6) is 0 Å². The summed E-state index contributed by atoms with van der Waals surface area (Å²) in [4.78, 5) is 136. The Bertz CT molecular complexity index is 2840. The van der Waals surface area contributed by atoms with E-state index >= 15 is 4.39 Å². The van der Waals surface area contributed by atoms with Gasteiger partial charge in [-0.15, -0.1) is 0 Å². The van der Waals surface area contributed by atoms with Crippen molar-refractivity contribution in [2.45, 2.75) is 90.6 Å². The van der Waals surface area contributed by atoms with Gasteiger partial charge in [0.2, 0.25) is 47.3 Å². The molecule has 3 heterocycles. The normalized spacial score (nSPS) is 14.1. The Labute approximate surface area is 442 Å². The van der Waals surface area contributed by atoms with Crippen LogP contribution in [0.2, 0.25) is 0 Å². The third kappa shape index (κ3) is 17.2. The Balaban J connectivity index is 1.41. The molecule has 1 aliphatic heterocycles. The van der Waals surface area contributed by atoms with Gasteiger partial charge in [-0.3, -0.25) is 57.8 Å². The van der Waals surface area contributed by atoms with Gasteiger partial charge in [-0.05, 0) is 73.2 Å². The lowest BCUT2D eigenvalue weighted by molar-refractivity contribution is -0.141. The van der Waals surface area contributed by atoms with E-state index in [9.17, 15) is 57.4 Å². The number of aliphatic hydroxyl groups is 1.